The monoisotopic (exact) mass is 417 g/mol. The summed E-state index contributed by atoms with van der Waals surface area (Å²) in [6.07, 6.45) is 5.63. The van der Waals surface area contributed by atoms with E-state index in [1.54, 1.807) is 18.1 Å². The number of benzene rings is 1. The van der Waals surface area contributed by atoms with Gasteiger partial charge in [-0.2, -0.15) is 0 Å². The molecule has 1 aromatic carbocycles. The van der Waals surface area contributed by atoms with E-state index < -0.39 is 11.3 Å². The van der Waals surface area contributed by atoms with Gasteiger partial charge in [0.05, 0.1) is 32.5 Å². The van der Waals surface area contributed by atoms with Gasteiger partial charge in [0, 0.05) is 0 Å². The highest BCUT2D eigenvalue weighted by molar-refractivity contribution is 5.70. The summed E-state index contributed by atoms with van der Waals surface area (Å²) in [5, 5.41) is 0. The molecule has 1 fully saturated rings. The Morgan fingerprint density at radius 3 is 2.50 bits per heavy atom. The van der Waals surface area contributed by atoms with Crippen molar-refractivity contribution in [3.8, 4) is 5.75 Å². The molecule has 1 aromatic rings. The predicted molar refractivity (Wildman–Crippen MR) is 117 cm³/mol. The molecular weight excluding hydrogens is 382 g/mol. The molecule has 1 aliphatic rings. The molecule has 6 heteroatoms. The lowest BCUT2D eigenvalue weighted by molar-refractivity contribution is -0.0715. The zero-order valence-electron chi connectivity index (χ0n) is 19.0. The van der Waals surface area contributed by atoms with E-state index in [2.05, 4.69) is 6.58 Å². The maximum Gasteiger partial charge on any atom is 0.412 e. The number of carbonyl (C=O) groups excluding carboxylic acids is 1. The van der Waals surface area contributed by atoms with Crippen molar-refractivity contribution in [1.29, 1.82) is 0 Å². The van der Waals surface area contributed by atoms with Gasteiger partial charge in [0.25, 0.3) is 0 Å². The fourth-order valence-electron chi connectivity index (χ4n) is 3.42. The number of carbonyl (C=O) groups is 1. The zero-order chi connectivity index (χ0) is 22.4. The minimum Gasteiger partial charge on any atom is -0.497 e. The summed E-state index contributed by atoms with van der Waals surface area (Å²) in [6.45, 7) is 14.1. The molecule has 1 amide bonds. The van der Waals surface area contributed by atoms with Crippen LogP contribution < -0.4 is 4.74 Å². The van der Waals surface area contributed by atoms with Crippen LogP contribution in [0.15, 0.2) is 49.1 Å². The molecule has 1 aliphatic heterocycles. The highest BCUT2D eigenvalue weighted by Crippen LogP contribution is 2.36. The van der Waals surface area contributed by atoms with Crippen LogP contribution in [0.4, 0.5) is 4.79 Å². The van der Waals surface area contributed by atoms with E-state index >= 15 is 0 Å². The molecule has 0 saturated carbocycles. The second-order valence-corrected chi connectivity index (χ2v) is 8.76. The lowest BCUT2D eigenvalue weighted by atomic mass is 10.1. The van der Waals surface area contributed by atoms with Gasteiger partial charge in [0.1, 0.15) is 17.1 Å². The van der Waals surface area contributed by atoms with Crippen molar-refractivity contribution in [2.24, 2.45) is 0 Å². The van der Waals surface area contributed by atoms with Gasteiger partial charge >= 0.3 is 6.09 Å². The minimum atomic E-state index is -0.783. The third-order valence-electron chi connectivity index (χ3n) is 4.68. The molecule has 6 nitrogen and oxygen atoms in total. The second-order valence-electron chi connectivity index (χ2n) is 8.76. The first-order valence-electron chi connectivity index (χ1n) is 10.3. The van der Waals surface area contributed by atoms with Crippen LogP contribution in [0.25, 0.3) is 0 Å². The van der Waals surface area contributed by atoms with Crippen molar-refractivity contribution < 1.29 is 23.7 Å². The summed E-state index contributed by atoms with van der Waals surface area (Å²) in [5.74, 6) is 0.822. The van der Waals surface area contributed by atoms with Gasteiger partial charge in [-0.1, -0.05) is 30.4 Å². The highest BCUT2D eigenvalue weighted by Gasteiger charge is 2.49. The Kier molecular flexibility index (Phi) is 8.10. The van der Waals surface area contributed by atoms with Crippen molar-refractivity contribution in [2.75, 3.05) is 13.7 Å². The van der Waals surface area contributed by atoms with Crippen LogP contribution in [-0.2, 0) is 20.8 Å². The van der Waals surface area contributed by atoms with E-state index in [0.717, 1.165) is 11.3 Å². The Morgan fingerprint density at radius 2 is 1.93 bits per heavy atom. The number of methoxy groups -OCH3 is 1. The third kappa shape index (κ3) is 6.61. The largest absolute Gasteiger partial charge is 0.497 e. The molecule has 166 valence electrons. The number of rotatable bonds is 8. The Morgan fingerprint density at radius 1 is 1.27 bits per heavy atom. The Labute approximate surface area is 180 Å². The molecule has 1 saturated heterocycles. The van der Waals surface area contributed by atoms with Crippen molar-refractivity contribution >= 4 is 6.09 Å². The summed E-state index contributed by atoms with van der Waals surface area (Å²) < 4.78 is 22.7. The Balaban J connectivity index is 1.97. The number of ether oxygens (including phenoxy) is 4. The van der Waals surface area contributed by atoms with Crippen molar-refractivity contribution in [2.45, 2.75) is 71.1 Å². The van der Waals surface area contributed by atoms with E-state index in [4.69, 9.17) is 18.9 Å². The Bertz CT molecular complexity index is 733. The molecule has 1 unspecified atom stereocenters. The van der Waals surface area contributed by atoms with Crippen molar-refractivity contribution in [3.05, 3.63) is 54.6 Å². The van der Waals surface area contributed by atoms with E-state index in [1.165, 1.54) is 0 Å². The van der Waals surface area contributed by atoms with Gasteiger partial charge in [-0.25, -0.2) is 4.79 Å². The first-order valence-corrected chi connectivity index (χ1v) is 10.3. The average Bonchev–Trinajstić information content (AvgIpc) is 2.90. The normalized spacial score (nSPS) is 21.1. The maximum atomic E-state index is 12.8. The first-order chi connectivity index (χ1) is 14.1. The van der Waals surface area contributed by atoms with Crippen LogP contribution in [0.1, 0.15) is 46.6 Å². The number of hydrogen-bond acceptors (Lipinski definition) is 5. The molecule has 2 atom stereocenters. The summed E-state index contributed by atoms with van der Waals surface area (Å²) in [4.78, 5) is 14.5. The van der Waals surface area contributed by atoms with Gasteiger partial charge in [-0.3, -0.25) is 4.90 Å². The van der Waals surface area contributed by atoms with Crippen molar-refractivity contribution in [3.63, 3.8) is 0 Å². The fourth-order valence-corrected chi connectivity index (χ4v) is 3.42. The minimum absolute atomic E-state index is 0.190. The quantitative estimate of drug-likeness (QED) is 0.436. The predicted octanol–water partition coefficient (Wildman–Crippen LogP) is 5.08. The van der Waals surface area contributed by atoms with E-state index in [-0.39, 0.29) is 18.2 Å². The first kappa shape index (κ1) is 24.0. The average molecular weight is 418 g/mol. The highest BCUT2D eigenvalue weighted by atomic mass is 16.6. The van der Waals surface area contributed by atoms with Gasteiger partial charge in [-0.15, -0.1) is 6.58 Å². The topological polar surface area (TPSA) is 57.2 Å². The van der Waals surface area contributed by atoms with Crippen LogP contribution in [0.5, 0.6) is 5.75 Å². The SMILES string of the molecule is C=CCC1[C@H](/C=C/COCc2ccc(OC)cc2)OC(C)(C)N1C(=O)OC(C)(C)C. The van der Waals surface area contributed by atoms with E-state index in [1.807, 2.05) is 71.0 Å². The van der Waals surface area contributed by atoms with Gasteiger partial charge in [-0.05, 0) is 58.7 Å². The van der Waals surface area contributed by atoms with Gasteiger partial charge in [0.15, 0.2) is 0 Å². The zero-order valence-corrected chi connectivity index (χ0v) is 19.0. The lowest BCUT2D eigenvalue weighted by Crippen LogP contribution is -2.50. The van der Waals surface area contributed by atoms with E-state index in [9.17, 15) is 4.79 Å². The second kappa shape index (κ2) is 10.1. The van der Waals surface area contributed by atoms with E-state index in [0.29, 0.717) is 19.6 Å². The maximum absolute atomic E-state index is 12.8. The molecule has 0 N–H and O–H groups in total. The summed E-state index contributed by atoms with van der Waals surface area (Å²) in [7, 11) is 1.65. The summed E-state index contributed by atoms with van der Waals surface area (Å²) in [5.41, 5.74) is -0.285. The van der Waals surface area contributed by atoms with Crippen molar-refractivity contribution in [1.82, 2.24) is 4.90 Å². The molecule has 1 heterocycles. The fraction of sp³-hybridized carbons (Fsp3) is 0.542. The van der Waals surface area contributed by atoms with Crippen LogP contribution in [-0.4, -0.2) is 48.2 Å². The standard InChI is InChI=1S/C24H35NO5/c1-8-10-20-21(29-24(5,6)25(20)22(26)30-23(2,3)4)11-9-16-28-17-18-12-14-19(27-7)15-13-18/h8-9,11-15,20-21H,1,10,16-17H2,2-7H3/b11-9+/t20?,21-/m0/s1. The van der Waals surface area contributed by atoms with Crippen LogP contribution in [0, 0.1) is 0 Å². The molecule has 0 radical (unpaired) electrons. The molecule has 0 spiro atoms. The third-order valence-corrected chi connectivity index (χ3v) is 4.68. The number of amides is 1. The Hall–Kier alpha value is -2.31. The van der Waals surface area contributed by atoms with Crippen LogP contribution in [0.2, 0.25) is 0 Å². The number of hydrogen-bond donors (Lipinski definition) is 0. The van der Waals surface area contributed by atoms with Gasteiger partial charge < -0.3 is 18.9 Å². The number of nitrogens with zero attached hydrogens (tertiary/aromatic N) is 1. The molecule has 0 aromatic heterocycles. The lowest BCUT2D eigenvalue weighted by Gasteiger charge is -2.34. The summed E-state index contributed by atoms with van der Waals surface area (Å²) >= 11 is 0. The van der Waals surface area contributed by atoms with Gasteiger partial charge in [0.2, 0.25) is 0 Å². The smallest absolute Gasteiger partial charge is 0.412 e. The molecule has 30 heavy (non-hydrogen) atoms. The molecule has 0 bridgehead atoms. The summed E-state index contributed by atoms with van der Waals surface area (Å²) in [6, 6.07) is 7.58. The molecular formula is C24H35NO5. The van der Waals surface area contributed by atoms with Crippen LogP contribution >= 0.6 is 0 Å². The molecule has 0 aliphatic carbocycles. The molecule has 2 rings (SSSR count). The van der Waals surface area contributed by atoms with Crippen LogP contribution in [0.3, 0.4) is 0 Å².